The van der Waals surface area contributed by atoms with E-state index in [2.05, 4.69) is 5.10 Å². The summed E-state index contributed by atoms with van der Waals surface area (Å²) in [6.45, 7) is 1.09. The summed E-state index contributed by atoms with van der Waals surface area (Å²) in [5, 5.41) is 4.89. The highest BCUT2D eigenvalue weighted by Gasteiger charge is 2.40. The Morgan fingerprint density at radius 1 is 1.21 bits per heavy atom. The average molecular weight is 428 g/mol. The summed E-state index contributed by atoms with van der Waals surface area (Å²) in [7, 11) is 1.91. The Hall–Kier alpha value is -2.28. The van der Waals surface area contributed by atoms with Gasteiger partial charge in [-0.25, -0.2) is 0 Å². The number of carbonyl (C=O) groups is 1. The predicted molar refractivity (Wildman–Crippen MR) is 115 cm³/mol. The van der Waals surface area contributed by atoms with E-state index in [-0.39, 0.29) is 5.91 Å². The summed E-state index contributed by atoms with van der Waals surface area (Å²) in [5.74, 6) is -0.290. The van der Waals surface area contributed by atoms with Crippen LogP contribution in [0, 0.1) is 0 Å². The van der Waals surface area contributed by atoms with Crippen molar-refractivity contribution in [3.63, 3.8) is 0 Å². The molecule has 2 heterocycles. The molecule has 1 amide bonds. The van der Waals surface area contributed by atoms with Gasteiger partial charge in [-0.3, -0.25) is 9.48 Å². The number of hydrogen-bond donors (Lipinski definition) is 1. The minimum absolute atomic E-state index is 0.290. The van der Waals surface area contributed by atoms with Crippen LogP contribution in [0.4, 0.5) is 0 Å². The number of amides is 1. The van der Waals surface area contributed by atoms with Crippen molar-refractivity contribution >= 4 is 29.3 Å². The van der Waals surface area contributed by atoms with E-state index in [1.165, 1.54) is 0 Å². The molecule has 0 saturated carbocycles. The highest BCUT2D eigenvalue weighted by Crippen LogP contribution is 2.40. The fraction of sp³-hybridized carbons (Fsp3) is 0.273. The lowest BCUT2D eigenvalue weighted by Gasteiger charge is -2.34. The van der Waals surface area contributed by atoms with Gasteiger partial charge in [0.05, 0.1) is 16.1 Å². The molecule has 3 aromatic rings. The third kappa shape index (κ3) is 3.92. The van der Waals surface area contributed by atoms with Gasteiger partial charge in [0.2, 0.25) is 5.91 Å². The summed E-state index contributed by atoms with van der Waals surface area (Å²) in [6.07, 6.45) is 2.98. The fourth-order valence-corrected chi connectivity index (χ4v) is 4.96. The zero-order valence-electron chi connectivity index (χ0n) is 16.1. The molecule has 1 aliphatic rings. The summed E-state index contributed by atoms with van der Waals surface area (Å²) in [5.41, 5.74) is 8.11. The van der Waals surface area contributed by atoms with Gasteiger partial charge in [0.15, 0.2) is 0 Å². The summed E-state index contributed by atoms with van der Waals surface area (Å²) >= 11 is 8.15. The van der Waals surface area contributed by atoms with E-state index in [9.17, 15) is 4.79 Å². The van der Waals surface area contributed by atoms with Gasteiger partial charge in [0, 0.05) is 41.8 Å². The SMILES string of the molecule is Cn1nccc1-c1ccc(Sc2cccc(C3(C(N)=O)CCOCC3)c2)c(Cl)c1. The zero-order valence-corrected chi connectivity index (χ0v) is 17.7. The van der Waals surface area contributed by atoms with E-state index in [0.29, 0.717) is 31.1 Å². The molecule has 4 rings (SSSR count). The molecule has 5 nitrogen and oxygen atoms in total. The minimum atomic E-state index is -0.665. The minimum Gasteiger partial charge on any atom is -0.381 e. The number of rotatable bonds is 5. The molecule has 0 atom stereocenters. The van der Waals surface area contributed by atoms with Crippen LogP contribution in [0.1, 0.15) is 18.4 Å². The van der Waals surface area contributed by atoms with Crippen LogP contribution in [0.25, 0.3) is 11.3 Å². The lowest BCUT2D eigenvalue weighted by Crippen LogP contribution is -2.45. The summed E-state index contributed by atoms with van der Waals surface area (Å²) in [6, 6.07) is 16.0. The maximum Gasteiger partial charge on any atom is 0.228 e. The first-order valence-electron chi connectivity index (χ1n) is 9.43. The molecular formula is C22H22ClN3O2S. The van der Waals surface area contributed by atoms with E-state index in [1.807, 2.05) is 60.3 Å². The first-order chi connectivity index (χ1) is 14.0. The van der Waals surface area contributed by atoms with Gasteiger partial charge in [-0.15, -0.1) is 0 Å². The average Bonchev–Trinajstić information content (AvgIpc) is 3.16. The molecule has 2 N–H and O–H groups in total. The monoisotopic (exact) mass is 427 g/mol. The number of benzene rings is 2. The van der Waals surface area contributed by atoms with Crippen LogP contribution in [0.2, 0.25) is 5.02 Å². The number of primary amides is 1. The second-order valence-electron chi connectivity index (χ2n) is 7.17. The van der Waals surface area contributed by atoms with E-state index < -0.39 is 5.41 Å². The molecule has 29 heavy (non-hydrogen) atoms. The number of aryl methyl sites for hydroxylation is 1. The number of nitrogens with two attached hydrogens (primary N) is 1. The standard InChI is InChI=1S/C22H22ClN3O2S/c1-26-19(7-10-25-26)15-5-6-20(18(23)13-15)29-17-4-2-3-16(14-17)22(21(24)27)8-11-28-12-9-22/h2-7,10,13-14H,8-9,11-12H2,1H3,(H2,24,27). The molecule has 1 fully saturated rings. The normalized spacial score (nSPS) is 15.9. The second kappa shape index (κ2) is 8.22. The largest absolute Gasteiger partial charge is 0.381 e. The van der Waals surface area contributed by atoms with Crippen molar-refractivity contribution in [1.82, 2.24) is 9.78 Å². The van der Waals surface area contributed by atoms with Crippen LogP contribution in [0.5, 0.6) is 0 Å². The third-order valence-electron chi connectivity index (χ3n) is 5.48. The first-order valence-corrected chi connectivity index (χ1v) is 10.6. The first kappa shape index (κ1) is 20.0. The van der Waals surface area contributed by atoms with Gasteiger partial charge in [-0.2, -0.15) is 5.10 Å². The van der Waals surface area contributed by atoms with Crippen molar-refractivity contribution in [2.75, 3.05) is 13.2 Å². The van der Waals surface area contributed by atoms with Crippen molar-refractivity contribution in [1.29, 1.82) is 0 Å². The van der Waals surface area contributed by atoms with Crippen molar-refractivity contribution in [2.24, 2.45) is 12.8 Å². The maximum absolute atomic E-state index is 12.3. The van der Waals surface area contributed by atoms with Gasteiger partial charge >= 0.3 is 0 Å². The molecule has 1 aromatic heterocycles. The Kier molecular flexibility index (Phi) is 5.67. The topological polar surface area (TPSA) is 70.1 Å². The lowest BCUT2D eigenvalue weighted by molar-refractivity contribution is -0.127. The molecule has 0 unspecified atom stereocenters. The van der Waals surface area contributed by atoms with Crippen LogP contribution >= 0.6 is 23.4 Å². The van der Waals surface area contributed by atoms with Gasteiger partial charge in [0.25, 0.3) is 0 Å². The van der Waals surface area contributed by atoms with E-state index in [4.69, 9.17) is 22.1 Å². The number of aromatic nitrogens is 2. The molecule has 0 bridgehead atoms. The van der Waals surface area contributed by atoms with Crippen molar-refractivity contribution in [3.05, 3.63) is 65.3 Å². The smallest absolute Gasteiger partial charge is 0.228 e. The predicted octanol–water partition coefficient (Wildman–Crippen LogP) is 4.43. The van der Waals surface area contributed by atoms with E-state index in [0.717, 1.165) is 26.6 Å². The highest BCUT2D eigenvalue weighted by atomic mass is 35.5. The Morgan fingerprint density at radius 3 is 2.66 bits per heavy atom. The molecule has 2 aromatic carbocycles. The Labute approximate surface area is 179 Å². The molecule has 1 aliphatic heterocycles. The van der Waals surface area contributed by atoms with Gasteiger partial charge in [-0.05, 0) is 48.7 Å². The van der Waals surface area contributed by atoms with Crippen LogP contribution < -0.4 is 5.73 Å². The van der Waals surface area contributed by atoms with E-state index >= 15 is 0 Å². The second-order valence-corrected chi connectivity index (χ2v) is 8.70. The third-order valence-corrected chi connectivity index (χ3v) is 6.97. The maximum atomic E-state index is 12.3. The molecule has 0 spiro atoms. The molecule has 1 saturated heterocycles. The van der Waals surface area contributed by atoms with Crippen LogP contribution in [0.3, 0.4) is 0 Å². The number of hydrogen-bond acceptors (Lipinski definition) is 4. The van der Waals surface area contributed by atoms with Gasteiger partial charge in [-0.1, -0.05) is 41.6 Å². The van der Waals surface area contributed by atoms with Gasteiger partial charge in [0.1, 0.15) is 0 Å². The quantitative estimate of drug-likeness (QED) is 0.654. The number of carbonyl (C=O) groups excluding carboxylic acids is 1. The van der Waals surface area contributed by atoms with Gasteiger partial charge < -0.3 is 10.5 Å². The Morgan fingerprint density at radius 2 is 2.00 bits per heavy atom. The highest BCUT2D eigenvalue weighted by molar-refractivity contribution is 7.99. The van der Waals surface area contributed by atoms with Crippen molar-refractivity contribution < 1.29 is 9.53 Å². The Bertz CT molecular complexity index is 1040. The molecule has 0 aliphatic carbocycles. The van der Waals surface area contributed by atoms with Crippen LogP contribution in [0.15, 0.2) is 64.5 Å². The number of ether oxygens (including phenoxy) is 1. The number of nitrogens with zero attached hydrogens (tertiary/aromatic N) is 2. The van der Waals surface area contributed by atoms with Crippen LogP contribution in [-0.4, -0.2) is 28.9 Å². The lowest BCUT2D eigenvalue weighted by atomic mass is 9.73. The number of halogens is 1. The molecule has 0 radical (unpaired) electrons. The molecule has 7 heteroatoms. The molecular weight excluding hydrogens is 406 g/mol. The van der Waals surface area contributed by atoms with Crippen molar-refractivity contribution in [2.45, 2.75) is 28.0 Å². The Balaban J connectivity index is 1.61. The van der Waals surface area contributed by atoms with Crippen molar-refractivity contribution in [3.8, 4) is 11.3 Å². The summed E-state index contributed by atoms with van der Waals surface area (Å²) in [4.78, 5) is 14.3. The molecule has 150 valence electrons. The van der Waals surface area contributed by atoms with Crippen LogP contribution in [-0.2, 0) is 22.0 Å². The fourth-order valence-electron chi connectivity index (χ4n) is 3.78. The van der Waals surface area contributed by atoms with E-state index in [1.54, 1.807) is 18.0 Å². The summed E-state index contributed by atoms with van der Waals surface area (Å²) < 4.78 is 7.27. The zero-order chi connectivity index (χ0) is 20.4.